The number of hydrogen-bond donors (Lipinski definition) is 2. The zero-order valence-electron chi connectivity index (χ0n) is 13.7. The maximum Gasteiger partial charge on any atom is 0.0613 e. The molecule has 0 aromatic rings. The Bertz CT molecular complexity index is 291. The summed E-state index contributed by atoms with van der Waals surface area (Å²) >= 11 is 0. The highest BCUT2D eigenvalue weighted by atomic mass is 16.3. The second kappa shape index (κ2) is 7.24. The second-order valence-corrected chi connectivity index (χ2v) is 7.44. The van der Waals surface area contributed by atoms with Crippen LogP contribution < -0.4 is 5.32 Å². The summed E-state index contributed by atoms with van der Waals surface area (Å²) in [5.74, 6) is 0.740. The monoisotopic (exact) mass is 282 g/mol. The molecule has 0 radical (unpaired) electrons. The van der Waals surface area contributed by atoms with E-state index in [9.17, 15) is 5.11 Å². The molecule has 2 unspecified atom stereocenters. The molecule has 0 amide bonds. The van der Waals surface area contributed by atoms with Gasteiger partial charge in [-0.2, -0.15) is 0 Å². The summed E-state index contributed by atoms with van der Waals surface area (Å²) in [6.07, 6.45) is 8.76. The van der Waals surface area contributed by atoms with Crippen LogP contribution >= 0.6 is 0 Å². The minimum atomic E-state index is -0.0109. The molecule has 2 aliphatic rings. The molecule has 0 spiro atoms. The van der Waals surface area contributed by atoms with Crippen LogP contribution in [0.15, 0.2) is 0 Å². The lowest BCUT2D eigenvalue weighted by Gasteiger charge is -2.45. The number of aliphatic hydroxyl groups is 1. The summed E-state index contributed by atoms with van der Waals surface area (Å²) in [5, 5.41) is 13.6. The fourth-order valence-corrected chi connectivity index (χ4v) is 3.79. The Hall–Kier alpha value is -0.120. The van der Waals surface area contributed by atoms with Crippen molar-refractivity contribution in [1.82, 2.24) is 10.2 Å². The molecule has 0 heterocycles. The Kier molecular flexibility index (Phi) is 5.88. The third kappa shape index (κ3) is 4.19. The normalized spacial score (nSPS) is 31.2. The first-order valence-electron chi connectivity index (χ1n) is 8.72. The van der Waals surface area contributed by atoms with Crippen molar-refractivity contribution in [3.8, 4) is 0 Å². The van der Waals surface area contributed by atoms with Crippen LogP contribution in [0.4, 0.5) is 0 Å². The largest absolute Gasteiger partial charge is 0.394 e. The molecule has 2 saturated carbocycles. The Morgan fingerprint density at radius 3 is 2.55 bits per heavy atom. The first kappa shape index (κ1) is 16.3. The molecule has 118 valence electrons. The maximum atomic E-state index is 9.92. The molecule has 3 heteroatoms. The van der Waals surface area contributed by atoms with E-state index >= 15 is 0 Å². The predicted octanol–water partition coefficient (Wildman–Crippen LogP) is 2.78. The molecule has 0 aliphatic heterocycles. The first-order valence-corrected chi connectivity index (χ1v) is 8.72. The van der Waals surface area contributed by atoms with Gasteiger partial charge in [0.05, 0.1) is 6.61 Å². The van der Waals surface area contributed by atoms with Gasteiger partial charge in [-0.1, -0.05) is 20.8 Å². The SMILES string of the molecule is CCCNC1(CO)CCCC(N(CC(C)C)C2CC2)C1. The Morgan fingerprint density at radius 2 is 2.00 bits per heavy atom. The lowest BCUT2D eigenvalue weighted by atomic mass is 9.78. The van der Waals surface area contributed by atoms with E-state index in [0.717, 1.165) is 37.8 Å². The summed E-state index contributed by atoms with van der Waals surface area (Å²) in [5.41, 5.74) is -0.0109. The Labute approximate surface area is 125 Å². The van der Waals surface area contributed by atoms with Gasteiger partial charge in [0.1, 0.15) is 0 Å². The zero-order valence-corrected chi connectivity index (χ0v) is 13.7. The number of nitrogens with zero attached hydrogens (tertiary/aromatic N) is 1. The van der Waals surface area contributed by atoms with E-state index in [0.29, 0.717) is 12.6 Å². The Morgan fingerprint density at radius 1 is 1.25 bits per heavy atom. The van der Waals surface area contributed by atoms with Gasteiger partial charge in [-0.3, -0.25) is 4.90 Å². The summed E-state index contributed by atoms with van der Waals surface area (Å²) in [4.78, 5) is 2.77. The minimum absolute atomic E-state index is 0.0109. The van der Waals surface area contributed by atoms with E-state index in [1.54, 1.807) is 0 Å². The third-order valence-corrected chi connectivity index (χ3v) is 4.93. The molecule has 0 bridgehead atoms. The summed E-state index contributed by atoms with van der Waals surface area (Å²) in [7, 11) is 0. The molecule has 20 heavy (non-hydrogen) atoms. The predicted molar refractivity (Wildman–Crippen MR) is 84.9 cm³/mol. The van der Waals surface area contributed by atoms with Gasteiger partial charge in [-0.05, 0) is 57.4 Å². The molecule has 2 atom stereocenters. The maximum absolute atomic E-state index is 9.92. The number of nitrogens with one attached hydrogen (secondary N) is 1. The fourth-order valence-electron chi connectivity index (χ4n) is 3.79. The topological polar surface area (TPSA) is 35.5 Å². The van der Waals surface area contributed by atoms with E-state index < -0.39 is 0 Å². The molecule has 2 aliphatic carbocycles. The van der Waals surface area contributed by atoms with Crippen LogP contribution in [0.2, 0.25) is 0 Å². The van der Waals surface area contributed by atoms with Crippen molar-refractivity contribution in [3.63, 3.8) is 0 Å². The van der Waals surface area contributed by atoms with Gasteiger partial charge in [0.25, 0.3) is 0 Å². The van der Waals surface area contributed by atoms with E-state index in [1.165, 1.54) is 32.2 Å². The van der Waals surface area contributed by atoms with Crippen molar-refractivity contribution < 1.29 is 5.11 Å². The summed E-state index contributed by atoms with van der Waals surface area (Å²) in [6.45, 7) is 9.41. The van der Waals surface area contributed by atoms with Crippen LogP contribution in [0.3, 0.4) is 0 Å². The number of hydrogen-bond acceptors (Lipinski definition) is 3. The van der Waals surface area contributed by atoms with Gasteiger partial charge >= 0.3 is 0 Å². The highest BCUT2D eigenvalue weighted by Crippen LogP contribution is 2.37. The van der Waals surface area contributed by atoms with Crippen LogP contribution in [0.5, 0.6) is 0 Å². The molecule has 3 nitrogen and oxygen atoms in total. The van der Waals surface area contributed by atoms with Crippen molar-refractivity contribution in [2.45, 2.75) is 83.3 Å². The molecule has 0 saturated heterocycles. The molecule has 2 fully saturated rings. The van der Waals surface area contributed by atoms with Crippen LogP contribution in [-0.4, -0.2) is 47.3 Å². The van der Waals surface area contributed by atoms with E-state index in [-0.39, 0.29) is 5.54 Å². The minimum Gasteiger partial charge on any atom is -0.394 e. The van der Waals surface area contributed by atoms with E-state index in [4.69, 9.17) is 0 Å². The number of rotatable bonds is 8. The molecule has 0 aromatic carbocycles. The third-order valence-electron chi connectivity index (χ3n) is 4.93. The molecular weight excluding hydrogens is 248 g/mol. The van der Waals surface area contributed by atoms with Gasteiger partial charge in [-0.15, -0.1) is 0 Å². The molecule has 2 rings (SSSR count). The van der Waals surface area contributed by atoms with Gasteiger partial charge in [0, 0.05) is 24.2 Å². The van der Waals surface area contributed by atoms with Crippen molar-refractivity contribution in [1.29, 1.82) is 0 Å². The van der Waals surface area contributed by atoms with Crippen molar-refractivity contribution in [2.75, 3.05) is 19.7 Å². The Balaban J connectivity index is 1.99. The van der Waals surface area contributed by atoms with Crippen molar-refractivity contribution >= 4 is 0 Å². The summed E-state index contributed by atoms with van der Waals surface area (Å²) in [6, 6.07) is 1.51. The lowest BCUT2D eigenvalue weighted by Crippen LogP contribution is -2.56. The van der Waals surface area contributed by atoms with Gasteiger partial charge in [-0.25, -0.2) is 0 Å². The van der Waals surface area contributed by atoms with Crippen LogP contribution in [0.1, 0.15) is 65.7 Å². The first-order chi connectivity index (χ1) is 9.60. The van der Waals surface area contributed by atoms with E-state index in [1.807, 2.05) is 0 Å². The molecular formula is C17H34N2O. The lowest BCUT2D eigenvalue weighted by molar-refractivity contribution is 0.0501. The van der Waals surface area contributed by atoms with Gasteiger partial charge < -0.3 is 10.4 Å². The quantitative estimate of drug-likeness (QED) is 0.718. The van der Waals surface area contributed by atoms with Crippen molar-refractivity contribution in [2.24, 2.45) is 5.92 Å². The summed E-state index contributed by atoms with van der Waals surface area (Å²) < 4.78 is 0. The average molecular weight is 282 g/mol. The van der Waals surface area contributed by atoms with Gasteiger partial charge in [0.15, 0.2) is 0 Å². The van der Waals surface area contributed by atoms with E-state index in [2.05, 4.69) is 31.0 Å². The fraction of sp³-hybridized carbons (Fsp3) is 1.00. The molecule has 0 aromatic heterocycles. The second-order valence-electron chi connectivity index (χ2n) is 7.44. The van der Waals surface area contributed by atoms with Crippen LogP contribution in [0.25, 0.3) is 0 Å². The zero-order chi connectivity index (χ0) is 14.6. The standard InChI is InChI=1S/C17H34N2O/c1-4-10-18-17(13-20)9-5-6-16(11-17)19(12-14(2)3)15-7-8-15/h14-16,18,20H,4-13H2,1-3H3. The highest BCUT2D eigenvalue weighted by Gasteiger charge is 2.41. The van der Waals surface area contributed by atoms with Crippen molar-refractivity contribution in [3.05, 3.63) is 0 Å². The van der Waals surface area contributed by atoms with Gasteiger partial charge in [0.2, 0.25) is 0 Å². The van der Waals surface area contributed by atoms with Crippen LogP contribution in [-0.2, 0) is 0 Å². The number of aliphatic hydroxyl groups excluding tert-OH is 1. The van der Waals surface area contributed by atoms with Crippen LogP contribution in [0, 0.1) is 5.92 Å². The average Bonchev–Trinajstić information content (AvgIpc) is 3.27. The smallest absolute Gasteiger partial charge is 0.0613 e. The molecule has 2 N–H and O–H groups in total. The highest BCUT2D eigenvalue weighted by molar-refractivity contribution is 4.99.